The van der Waals surface area contributed by atoms with Crippen molar-refractivity contribution in [3.8, 4) is 0 Å². The van der Waals surface area contributed by atoms with Crippen molar-refractivity contribution in [3.05, 3.63) is 122 Å². The van der Waals surface area contributed by atoms with Gasteiger partial charge in [-0.3, -0.25) is 14.4 Å². The van der Waals surface area contributed by atoms with Crippen molar-refractivity contribution in [2.45, 2.75) is 17.5 Å². The van der Waals surface area contributed by atoms with Crippen molar-refractivity contribution in [2.75, 3.05) is 10.2 Å². The van der Waals surface area contributed by atoms with Crippen LogP contribution < -0.4 is 10.2 Å². The van der Waals surface area contributed by atoms with Crippen LogP contribution in [0.25, 0.3) is 6.08 Å². The fourth-order valence-corrected chi connectivity index (χ4v) is 7.51. The molecule has 0 unspecified atom stereocenters. The Labute approximate surface area is 238 Å². The van der Waals surface area contributed by atoms with Crippen molar-refractivity contribution in [3.63, 3.8) is 0 Å². The fraction of sp³-hybridized carbons (Fsp3) is 0.129. The zero-order chi connectivity index (χ0) is 26.9. The summed E-state index contributed by atoms with van der Waals surface area (Å²) in [5.41, 5.74) is 1.98. The van der Waals surface area contributed by atoms with Crippen LogP contribution in [0.4, 0.5) is 11.4 Å². The number of Topliss-reactive ketones (excluding diaryl/α,β-unsaturated/α-hetero) is 2. The summed E-state index contributed by atoms with van der Waals surface area (Å²) in [5.74, 6) is -1.80. The molecular weight excluding hydrogens is 551 g/mol. The van der Waals surface area contributed by atoms with E-state index < -0.39 is 23.4 Å². The first-order chi connectivity index (χ1) is 18.9. The molecule has 1 amide bonds. The molecule has 3 aliphatic heterocycles. The Morgan fingerprint density at radius 1 is 0.897 bits per heavy atom. The lowest BCUT2D eigenvalue weighted by atomic mass is 9.64. The number of rotatable bonds is 4. The minimum absolute atomic E-state index is 0.201. The van der Waals surface area contributed by atoms with Gasteiger partial charge in [0.25, 0.3) is 0 Å². The normalized spacial score (nSPS) is 24.3. The van der Waals surface area contributed by atoms with Crippen LogP contribution in [0.2, 0.25) is 10.0 Å². The third-order valence-electron chi connectivity index (χ3n) is 8.04. The lowest BCUT2D eigenvalue weighted by Gasteiger charge is -2.37. The van der Waals surface area contributed by atoms with Gasteiger partial charge in [0.1, 0.15) is 11.5 Å². The molecule has 39 heavy (non-hydrogen) atoms. The molecule has 1 saturated heterocycles. The van der Waals surface area contributed by atoms with Crippen LogP contribution in [0.5, 0.6) is 0 Å². The summed E-state index contributed by atoms with van der Waals surface area (Å²) in [4.78, 5) is 45.8. The van der Waals surface area contributed by atoms with Gasteiger partial charge in [0.2, 0.25) is 5.91 Å². The summed E-state index contributed by atoms with van der Waals surface area (Å²) in [6.07, 6.45) is 3.87. The summed E-state index contributed by atoms with van der Waals surface area (Å²) < 4.78 is 0. The van der Waals surface area contributed by atoms with E-state index in [0.717, 1.165) is 11.3 Å². The average molecular weight is 571 g/mol. The molecule has 0 bridgehead atoms. The second-order valence-corrected chi connectivity index (χ2v) is 11.7. The third-order valence-corrected chi connectivity index (χ3v) is 9.41. The maximum Gasteiger partial charge on any atom is 0.238 e. The van der Waals surface area contributed by atoms with E-state index >= 15 is 0 Å². The Morgan fingerprint density at radius 2 is 1.67 bits per heavy atom. The standard InChI is InChI=1S/C31H20Cl2N2O3S/c32-19-10-7-17(8-11-19)28(36)26-27(29(37)24-6-3-15-39-24)35-23-13-12-20(33)16-18(23)9-14-25(35)31(26)21-4-1-2-5-22(21)34-30(31)38/h1-16,25-27H,(H,34,38)/t25-,26-,27+,31+/m1/s1. The quantitative estimate of drug-likeness (QED) is 0.271. The van der Waals surface area contributed by atoms with Gasteiger partial charge in [-0.1, -0.05) is 59.6 Å². The number of halogens is 2. The fourth-order valence-electron chi connectivity index (χ4n) is 6.51. The molecule has 4 aromatic rings. The predicted molar refractivity (Wildman–Crippen MR) is 155 cm³/mol. The van der Waals surface area contributed by atoms with Crippen molar-refractivity contribution in [1.82, 2.24) is 0 Å². The first kappa shape index (κ1) is 24.3. The molecular formula is C31H20Cl2N2O3S. The number of para-hydroxylation sites is 1. The molecule has 1 fully saturated rings. The van der Waals surface area contributed by atoms with Gasteiger partial charge in [0, 0.05) is 27.0 Å². The summed E-state index contributed by atoms with van der Waals surface area (Å²) in [7, 11) is 0. The van der Waals surface area contributed by atoms with E-state index in [1.54, 1.807) is 36.4 Å². The zero-order valence-electron chi connectivity index (χ0n) is 20.3. The second kappa shape index (κ2) is 8.91. The van der Waals surface area contributed by atoms with E-state index in [-0.39, 0.29) is 17.5 Å². The van der Waals surface area contributed by atoms with Crippen molar-refractivity contribution in [1.29, 1.82) is 0 Å². The Balaban J connectivity index is 1.54. The number of nitrogens with zero attached hydrogens (tertiary/aromatic N) is 1. The highest BCUT2D eigenvalue weighted by molar-refractivity contribution is 7.12. The Kier molecular flexibility index (Phi) is 5.56. The molecule has 0 radical (unpaired) electrons. The summed E-state index contributed by atoms with van der Waals surface area (Å²) >= 11 is 13.8. The molecule has 1 aromatic heterocycles. The molecule has 0 saturated carbocycles. The zero-order valence-corrected chi connectivity index (χ0v) is 22.6. The summed E-state index contributed by atoms with van der Waals surface area (Å²) in [6, 6.07) is 21.6. The van der Waals surface area contributed by atoms with Gasteiger partial charge in [-0.2, -0.15) is 0 Å². The summed E-state index contributed by atoms with van der Waals surface area (Å²) in [5, 5.41) is 5.93. The smallest absolute Gasteiger partial charge is 0.238 e. The van der Waals surface area contributed by atoms with Crippen LogP contribution in [-0.4, -0.2) is 29.6 Å². The first-order valence-electron chi connectivity index (χ1n) is 12.5. The number of carbonyl (C=O) groups is 3. The maximum atomic E-state index is 14.6. The van der Waals surface area contributed by atoms with Gasteiger partial charge in [-0.05, 0) is 71.1 Å². The number of hydrogen-bond donors (Lipinski definition) is 1. The minimum atomic E-state index is -1.35. The van der Waals surface area contributed by atoms with Crippen LogP contribution in [0.3, 0.4) is 0 Å². The van der Waals surface area contributed by atoms with Crippen LogP contribution in [0.15, 0.2) is 90.3 Å². The molecule has 8 heteroatoms. The van der Waals surface area contributed by atoms with Gasteiger partial charge in [0.05, 0.1) is 16.8 Å². The number of carbonyl (C=O) groups excluding carboxylic acids is 3. The minimum Gasteiger partial charge on any atom is -0.352 e. The maximum absolute atomic E-state index is 14.6. The van der Waals surface area contributed by atoms with Gasteiger partial charge >= 0.3 is 0 Å². The van der Waals surface area contributed by atoms with Gasteiger partial charge in [0.15, 0.2) is 11.6 Å². The number of hydrogen-bond acceptors (Lipinski definition) is 5. The molecule has 192 valence electrons. The second-order valence-electron chi connectivity index (χ2n) is 9.92. The SMILES string of the molecule is O=C(c1cccs1)[C@@H]1[C@H](C(=O)c2ccc(Cl)cc2)[C@@]2(C(=O)Nc3ccccc32)[C@H]2C=Cc3cc(Cl)ccc3N12. The van der Waals surface area contributed by atoms with Crippen LogP contribution in [-0.2, 0) is 10.2 Å². The lowest BCUT2D eigenvalue weighted by molar-refractivity contribution is -0.121. The van der Waals surface area contributed by atoms with E-state index in [4.69, 9.17) is 23.2 Å². The van der Waals surface area contributed by atoms with Gasteiger partial charge in [-0.25, -0.2) is 0 Å². The molecule has 3 aliphatic rings. The molecule has 7 rings (SSSR count). The molecule has 5 nitrogen and oxygen atoms in total. The molecule has 4 heterocycles. The third kappa shape index (κ3) is 3.42. The van der Waals surface area contributed by atoms with Crippen LogP contribution >= 0.6 is 34.5 Å². The monoisotopic (exact) mass is 570 g/mol. The first-order valence-corrected chi connectivity index (χ1v) is 14.1. The van der Waals surface area contributed by atoms with Crippen molar-refractivity contribution < 1.29 is 14.4 Å². The molecule has 0 aliphatic carbocycles. The Hall–Kier alpha value is -3.71. The van der Waals surface area contributed by atoms with Gasteiger partial charge in [-0.15, -0.1) is 11.3 Å². The highest BCUT2D eigenvalue weighted by atomic mass is 35.5. The summed E-state index contributed by atoms with van der Waals surface area (Å²) in [6.45, 7) is 0. The number of benzene rings is 3. The van der Waals surface area contributed by atoms with E-state index in [9.17, 15) is 14.4 Å². The van der Waals surface area contributed by atoms with Crippen LogP contribution in [0, 0.1) is 5.92 Å². The number of nitrogens with one attached hydrogen (secondary N) is 1. The van der Waals surface area contributed by atoms with E-state index in [0.29, 0.717) is 31.7 Å². The number of fused-ring (bicyclic) bond motifs is 6. The van der Waals surface area contributed by atoms with Crippen LogP contribution in [0.1, 0.15) is 31.2 Å². The Morgan fingerprint density at radius 3 is 2.44 bits per heavy atom. The Bertz CT molecular complexity index is 1700. The molecule has 4 atom stereocenters. The molecule has 1 N–H and O–H groups in total. The number of thiophene rings is 1. The predicted octanol–water partition coefficient (Wildman–Crippen LogP) is 6.91. The van der Waals surface area contributed by atoms with E-state index in [1.165, 1.54) is 11.3 Å². The van der Waals surface area contributed by atoms with Gasteiger partial charge < -0.3 is 10.2 Å². The van der Waals surface area contributed by atoms with Crippen molar-refractivity contribution in [2.24, 2.45) is 5.92 Å². The highest BCUT2D eigenvalue weighted by Crippen LogP contribution is 2.58. The largest absolute Gasteiger partial charge is 0.352 e. The highest BCUT2D eigenvalue weighted by Gasteiger charge is 2.70. The molecule has 1 spiro atoms. The number of amides is 1. The van der Waals surface area contributed by atoms with E-state index in [2.05, 4.69) is 5.32 Å². The number of ketones is 2. The average Bonchev–Trinajstić information content (AvgIpc) is 3.65. The number of anilines is 2. The molecule has 3 aromatic carbocycles. The van der Waals surface area contributed by atoms with Crippen molar-refractivity contribution >= 4 is 69.5 Å². The van der Waals surface area contributed by atoms with E-state index in [1.807, 2.05) is 64.9 Å². The lowest BCUT2D eigenvalue weighted by Crippen LogP contribution is -2.51. The topological polar surface area (TPSA) is 66.5 Å².